The molecule has 0 amide bonds. The quantitative estimate of drug-likeness (QED) is 0.574. The maximum Gasteiger partial charge on any atom is 0.411 e. The monoisotopic (exact) mass is 308 g/mol. The third kappa shape index (κ3) is 3.20. The highest BCUT2D eigenvalue weighted by atomic mass is 19.4. The van der Waals surface area contributed by atoms with Crippen LogP contribution in [0.1, 0.15) is 46.5 Å². The van der Waals surface area contributed by atoms with Crippen molar-refractivity contribution in [2.24, 2.45) is 16.7 Å². The van der Waals surface area contributed by atoms with Crippen molar-refractivity contribution >= 4 is 5.97 Å². The van der Waals surface area contributed by atoms with Crippen LogP contribution in [0.4, 0.5) is 13.2 Å². The number of halogens is 3. The van der Waals surface area contributed by atoms with E-state index in [0.717, 1.165) is 19.3 Å². The highest BCUT2D eigenvalue weighted by Crippen LogP contribution is 2.66. The molecule has 2 bridgehead atoms. The first-order chi connectivity index (χ1) is 9.56. The van der Waals surface area contributed by atoms with Crippen LogP contribution in [0.5, 0.6) is 0 Å². The Hall–Kier alpha value is -0.780. The van der Waals surface area contributed by atoms with Crippen LogP contribution >= 0.6 is 0 Å². The van der Waals surface area contributed by atoms with Crippen LogP contribution in [0.25, 0.3) is 0 Å². The van der Waals surface area contributed by atoms with Gasteiger partial charge in [0.2, 0.25) is 0 Å². The normalized spacial score (nSPS) is 34.2. The molecule has 2 saturated carbocycles. The van der Waals surface area contributed by atoms with Crippen LogP contribution in [0.2, 0.25) is 0 Å². The summed E-state index contributed by atoms with van der Waals surface area (Å²) in [7, 11) is 0. The Balaban J connectivity index is 1.77. The summed E-state index contributed by atoms with van der Waals surface area (Å²) in [6, 6.07) is 0. The number of fused-ring (bicyclic) bond motifs is 2. The van der Waals surface area contributed by atoms with Gasteiger partial charge in [0.15, 0.2) is 0 Å². The van der Waals surface area contributed by atoms with Gasteiger partial charge in [-0.3, -0.25) is 4.79 Å². The zero-order chi connectivity index (χ0) is 15.9. The number of rotatable bonds is 5. The summed E-state index contributed by atoms with van der Waals surface area (Å²) in [6.07, 6.45) is -1.56. The maximum atomic E-state index is 11.9. The Morgan fingerprint density at radius 3 is 2.43 bits per heavy atom. The summed E-state index contributed by atoms with van der Waals surface area (Å²) in [5.74, 6) is 0.0912. The van der Waals surface area contributed by atoms with Gasteiger partial charge in [0.25, 0.3) is 0 Å². The van der Waals surface area contributed by atoms with E-state index in [2.05, 4.69) is 25.5 Å². The number of alkyl halides is 3. The number of carbonyl (C=O) groups excluding carboxylic acids is 1. The fourth-order valence-corrected chi connectivity index (χ4v) is 3.87. The summed E-state index contributed by atoms with van der Waals surface area (Å²) >= 11 is 0. The van der Waals surface area contributed by atoms with E-state index in [1.807, 2.05) is 0 Å². The number of hydrogen-bond acceptors (Lipinski definition) is 3. The first-order valence-electron chi connectivity index (χ1n) is 7.40. The Morgan fingerprint density at radius 1 is 1.29 bits per heavy atom. The summed E-state index contributed by atoms with van der Waals surface area (Å²) in [5.41, 5.74) is 0.116. The molecule has 0 heterocycles. The zero-order valence-corrected chi connectivity index (χ0v) is 12.8. The molecular formula is C15H23F3O3. The van der Waals surface area contributed by atoms with E-state index in [4.69, 9.17) is 4.74 Å². The van der Waals surface area contributed by atoms with Gasteiger partial charge in [0.05, 0.1) is 13.0 Å². The molecule has 2 rings (SSSR count). The lowest BCUT2D eigenvalue weighted by molar-refractivity contribution is -0.178. The van der Waals surface area contributed by atoms with Crippen LogP contribution in [0.3, 0.4) is 0 Å². The van der Waals surface area contributed by atoms with Gasteiger partial charge >= 0.3 is 12.1 Å². The molecule has 0 aromatic heterocycles. The molecule has 0 saturated heterocycles. The highest BCUT2D eigenvalue weighted by molar-refractivity contribution is 5.69. The van der Waals surface area contributed by atoms with Gasteiger partial charge in [-0.15, -0.1) is 0 Å². The number of hydrogen-bond donors (Lipinski definition) is 0. The molecule has 3 atom stereocenters. The molecule has 0 radical (unpaired) electrons. The van der Waals surface area contributed by atoms with Crippen LogP contribution in [0, 0.1) is 16.7 Å². The highest BCUT2D eigenvalue weighted by Gasteiger charge is 2.62. The lowest BCUT2D eigenvalue weighted by Crippen LogP contribution is -2.38. The van der Waals surface area contributed by atoms with Crippen molar-refractivity contribution in [3.63, 3.8) is 0 Å². The minimum Gasteiger partial charge on any atom is -0.462 e. The molecule has 0 aromatic rings. The summed E-state index contributed by atoms with van der Waals surface area (Å²) < 4.78 is 45.7. The third-order valence-corrected chi connectivity index (χ3v) is 5.70. The van der Waals surface area contributed by atoms with E-state index in [-0.39, 0.29) is 30.0 Å². The fraction of sp³-hybridized carbons (Fsp3) is 0.933. The SMILES string of the molecule is CC1(C)C2CCC1(C)C(OC(=O)CCOCC(F)(F)F)C2. The van der Waals surface area contributed by atoms with Crippen molar-refractivity contribution in [3.05, 3.63) is 0 Å². The first-order valence-corrected chi connectivity index (χ1v) is 7.40. The summed E-state index contributed by atoms with van der Waals surface area (Å²) in [6.45, 7) is 5.00. The number of carbonyl (C=O) groups is 1. The first kappa shape index (κ1) is 16.6. The van der Waals surface area contributed by atoms with Crippen molar-refractivity contribution in [1.82, 2.24) is 0 Å². The van der Waals surface area contributed by atoms with Crippen LogP contribution in [-0.4, -0.2) is 31.5 Å². The summed E-state index contributed by atoms with van der Waals surface area (Å²) in [5, 5.41) is 0. The topological polar surface area (TPSA) is 35.5 Å². The second-order valence-corrected chi connectivity index (χ2v) is 7.01. The zero-order valence-electron chi connectivity index (χ0n) is 12.8. The van der Waals surface area contributed by atoms with Gasteiger partial charge < -0.3 is 9.47 Å². The standard InChI is InChI=1S/C15H23F3O3/c1-13(2)10-4-6-14(13,3)11(8-10)21-12(19)5-7-20-9-15(16,17)18/h10-11H,4-9H2,1-3H3. The molecule has 0 aromatic carbocycles. The smallest absolute Gasteiger partial charge is 0.411 e. The maximum absolute atomic E-state index is 11.9. The molecule has 3 unspecified atom stereocenters. The van der Waals surface area contributed by atoms with Gasteiger partial charge in [-0.1, -0.05) is 20.8 Å². The van der Waals surface area contributed by atoms with Crippen molar-refractivity contribution in [2.45, 2.75) is 58.7 Å². The minimum absolute atomic E-state index is 0.0276. The molecule has 2 aliphatic carbocycles. The molecule has 2 fully saturated rings. The van der Waals surface area contributed by atoms with E-state index in [9.17, 15) is 18.0 Å². The fourth-order valence-electron chi connectivity index (χ4n) is 3.87. The van der Waals surface area contributed by atoms with Crippen LogP contribution < -0.4 is 0 Å². The average molecular weight is 308 g/mol. The van der Waals surface area contributed by atoms with Crippen molar-refractivity contribution in [2.75, 3.05) is 13.2 Å². The van der Waals surface area contributed by atoms with Gasteiger partial charge in [-0.2, -0.15) is 13.2 Å². The Kier molecular flexibility index (Phi) is 4.30. The summed E-state index contributed by atoms with van der Waals surface area (Å²) in [4.78, 5) is 11.8. The molecule has 21 heavy (non-hydrogen) atoms. The number of ether oxygens (including phenoxy) is 2. The molecule has 2 aliphatic rings. The molecule has 0 N–H and O–H groups in total. The molecule has 0 aliphatic heterocycles. The van der Waals surface area contributed by atoms with E-state index >= 15 is 0 Å². The lowest BCUT2D eigenvalue weighted by Gasteiger charge is -2.38. The second-order valence-electron chi connectivity index (χ2n) is 7.01. The van der Waals surface area contributed by atoms with E-state index in [1.165, 1.54) is 0 Å². The molecule has 3 nitrogen and oxygen atoms in total. The van der Waals surface area contributed by atoms with E-state index in [0.29, 0.717) is 5.92 Å². The Morgan fingerprint density at radius 2 is 1.95 bits per heavy atom. The third-order valence-electron chi connectivity index (χ3n) is 5.70. The predicted molar refractivity (Wildman–Crippen MR) is 70.6 cm³/mol. The van der Waals surface area contributed by atoms with Gasteiger partial charge in [0.1, 0.15) is 12.7 Å². The Bertz CT molecular complexity index is 405. The van der Waals surface area contributed by atoms with Crippen molar-refractivity contribution in [3.8, 4) is 0 Å². The largest absolute Gasteiger partial charge is 0.462 e. The number of esters is 1. The van der Waals surface area contributed by atoms with Gasteiger partial charge in [0, 0.05) is 5.41 Å². The molecular weight excluding hydrogens is 285 g/mol. The molecule has 122 valence electrons. The van der Waals surface area contributed by atoms with Gasteiger partial charge in [-0.05, 0) is 30.6 Å². The van der Waals surface area contributed by atoms with E-state index < -0.39 is 18.8 Å². The van der Waals surface area contributed by atoms with Crippen molar-refractivity contribution < 1.29 is 27.4 Å². The Labute approximate surface area is 123 Å². The average Bonchev–Trinajstić information content (AvgIpc) is 2.66. The predicted octanol–water partition coefficient (Wildman–Crippen LogP) is 3.71. The van der Waals surface area contributed by atoms with Crippen molar-refractivity contribution in [1.29, 1.82) is 0 Å². The van der Waals surface area contributed by atoms with Crippen LogP contribution in [0.15, 0.2) is 0 Å². The molecule has 0 spiro atoms. The minimum atomic E-state index is -4.36. The lowest BCUT2D eigenvalue weighted by atomic mass is 9.70. The van der Waals surface area contributed by atoms with E-state index in [1.54, 1.807) is 0 Å². The van der Waals surface area contributed by atoms with Gasteiger partial charge in [-0.25, -0.2) is 0 Å². The molecule has 6 heteroatoms. The van der Waals surface area contributed by atoms with Crippen LogP contribution in [-0.2, 0) is 14.3 Å². The second kappa shape index (κ2) is 5.45.